The van der Waals surface area contributed by atoms with Crippen LogP contribution in [0, 0.1) is 0 Å². The van der Waals surface area contributed by atoms with Gasteiger partial charge in [0, 0.05) is 24.2 Å². The summed E-state index contributed by atoms with van der Waals surface area (Å²) >= 11 is 3.39. The van der Waals surface area contributed by atoms with Gasteiger partial charge >= 0.3 is 0 Å². The van der Waals surface area contributed by atoms with Crippen molar-refractivity contribution in [3.63, 3.8) is 0 Å². The van der Waals surface area contributed by atoms with Gasteiger partial charge in [-0.15, -0.1) is 12.4 Å². The van der Waals surface area contributed by atoms with Crippen LogP contribution in [0.25, 0.3) is 0 Å². The molecule has 1 aromatic carbocycles. The second-order valence-electron chi connectivity index (χ2n) is 4.73. The molecule has 1 aliphatic heterocycles. The summed E-state index contributed by atoms with van der Waals surface area (Å²) in [7, 11) is 1.61. The van der Waals surface area contributed by atoms with Crippen molar-refractivity contribution in [2.75, 3.05) is 19.0 Å². The average Bonchev–Trinajstić information content (AvgIpc) is 2.92. The molecule has 0 saturated carbocycles. The van der Waals surface area contributed by atoms with Gasteiger partial charge in [-0.05, 0) is 53.9 Å². The van der Waals surface area contributed by atoms with Crippen LogP contribution in [-0.2, 0) is 4.79 Å². The first-order valence-corrected chi connectivity index (χ1v) is 7.35. The highest BCUT2D eigenvalue weighted by Gasteiger charge is 2.15. The molecule has 1 heterocycles. The smallest absolute Gasteiger partial charge is 0.224 e. The van der Waals surface area contributed by atoms with Crippen LogP contribution in [0.2, 0.25) is 0 Å². The Balaban J connectivity index is 0.00000200. The number of hydrogen-bond donors (Lipinski definition) is 2. The topological polar surface area (TPSA) is 50.4 Å². The summed E-state index contributed by atoms with van der Waals surface area (Å²) in [5.74, 6) is 0.772. The number of ether oxygens (including phenoxy) is 1. The summed E-state index contributed by atoms with van der Waals surface area (Å²) in [6, 6.07) is 6.05. The number of hydrogen-bond acceptors (Lipinski definition) is 3. The molecule has 0 aliphatic carbocycles. The minimum atomic E-state index is 0. The van der Waals surface area contributed by atoms with E-state index in [0.29, 0.717) is 12.5 Å². The zero-order valence-corrected chi connectivity index (χ0v) is 13.9. The number of benzene rings is 1. The number of anilines is 1. The molecule has 0 spiro atoms. The SMILES string of the molecule is COc1cc(NC(=O)CCC2CCCN2)ccc1Br.Cl. The second kappa shape index (κ2) is 8.49. The monoisotopic (exact) mass is 362 g/mol. The van der Waals surface area contributed by atoms with Gasteiger partial charge in [0.25, 0.3) is 0 Å². The molecule has 1 aromatic rings. The maximum absolute atomic E-state index is 11.9. The minimum Gasteiger partial charge on any atom is -0.495 e. The largest absolute Gasteiger partial charge is 0.495 e. The van der Waals surface area contributed by atoms with Gasteiger partial charge < -0.3 is 15.4 Å². The van der Waals surface area contributed by atoms with Crippen LogP contribution in [0.3, 0.4) is 0 Å². The molecule has 2 N–H and O–H groups in total. The van der Waals surface area contributed by atoms with Gasteiger partial charge in [0.05, 0.1) is 11.6 Å². The number of amides is 1. The lowest BCUT2D eigenvalue weighted by Crippen LogP contribution is -2.23. The molecule has 4 nitrogen and oxygen atoms in total. The Morgan fingerprint density at radius 1 is 1.55 bits per heavy atom. The van der Waals surface area contributed by atoms with Crippen molar-refractivity contribution in [1.82, 2.24) is 5.32 Å². The van der Waals surface area contributed by atoms with Gasteiger partial charge in [-0.25, -0.2) is 0 Å². The molecule has 1 unspecified atom stereocenters. The molecule has 112 valence electrons. The number of halogens is 2. The quantitative estimate of drug-likeness (QED) is 0.843. The first-order chi connectivity index (χ1) is 9.19. The van der Waals surface area contributed by atoms with Crippen LogP contribution >= 0.6 is 28.3 Å². The van der Waals surface area contributed by atoms with Crippen LogP contribution in [0.15, 0.2) is 22.7 Å². The zero-order valence-electron chi connectivity index (χ0n) is 11.4. The number of methoxy groups -OCH3 is 1. The van der Waals surface area contributed by atoms with Crippen LogP contribution in [0.1, 0.15) is 25.7 Å². The van der Waals surface area contributed by atoms with E-state index in [1.54, 1.807) is 7.11 Å². The Morgan fingerprint density at radius 2 is 2.35 bits per heavy atom. The van der Waals surface area contributed by atoms with Crippen molar-refractivity contribution in [2.24, 2.45) is 0 Å². The fourth-order valence-corrected chi connectivity index (χ4v) is 2.68. The summed E-state index contributed by atoms with van der Waals surface area (Å²) in [4.78, 5) is 11.9. The van der Waals surface area contributed by atoms with Gasteiger partial charge in [0.15, 0.2) is 0 Å². The molecule has 0 bridgehead atoms. The Morgan fingerprint density at radius 3 is 3.00 bits per heavy atom. The van der Waals surface area contributed by atoms with Crippen LogP contribution < -0.4 is 15.4 Å². The van der Waals surface area contributed by atoms with E-state index in [0.717, 1.165) is 28.9 Å². The van der Waals surface area contributed by atoms with Crippen molar-refractivity contribution >= 4 is 39.9 Å². The van der Waals surface area contributed by atoms with Crippen molar-refractivity contribution in [2.45, 2.75) is 31.7 Å². The zero-order chi connectivity index (χ0) is 13.7. The molecular formula is C14H20BrClN2O2. The van der Waals surface area contributed by atoms with E-state index in [4.69, 9.17) is 4.74 Å². The van der Waals surface area contributed by atoms with Crippen molar-refractivity contribution < 1.29 is 9.53 Å². The standard InChI is InChI=1S/C14H19BrN2O2.ClH/c1-19-13-9-11(4-6-12(13)15)17-14(18)7-5-10-3-2-8-16-10;/h4,6,9-10,16H,2-3,5,7-8H2,1H3,(H,17,18);1H. The second-order valence-corrected chi connectivity index (χ2v) is 5.58. The van der Waals surface area contributed by atoms with Gasteiger partial charge in [0.1, 0.15) is 5.75 Å². The first-order valence-electron chi connectivity index (χ1n) is 6.56. The van der Waals surface area contributed by atoms with Gasteiger partial charge in [-0.3, -0.25) is 4.79 Å². The lowest BCUT2D eigenvalue weighted by atomic mass is 10.1. The van der Waals surface area contributed by atoms with E-state index in [1.807, 2.05) is 18.2 Å². The molecular weight excluding hydrogens is 344 g/mol. The molecule has 1 amide bonds. The molecule has 2 rings (SSSR count). The van der Waals surface area contributed by atoms with E-state index in [-0.39, 0.29) is 18.3 Å². The maximum atomic E-state index is 11.9. The van der Waals surface area contributed by atoms with Crippen LogP contribution in [0.4, 0.5) is 5.69 Å². The van der Waals surface area contributed by atoms with Gasteiger partial charge in [0.2, 0.25) is 5.91 Å². The van der Waals surface area contributed by atoms with Crippen LogP contribution in [0.5, 0.6) is 5.75 Å². The molecule has 1 fully saturated rings. The van der Waals surface area contributed by atoms with Crippen LogP contribution in [-0.4, -0.2) is 25.6 Å². The molecule has 1 aliphatic rings. The highest BCUT2D eigenvalue weighted by molar-refractivity contribution is 9.10. The Labute approximate surface area is 134 Å². The third-order valence-electron chi connectivity index (χ3n) is 3.32. The Hall–Kier alpha value is -0.780. The molecule has 0 radical (unpaired) electrons. The normalized spacial score (nSPS) is 17.4. The van der Waals surface area contributed by atoms with Crippen molar-refractivity contribution in [1.29, 1.82) is 0 Å². The maximum Gasteiger partial charge on any atom is 0.224 e. The summed E-state index contributed by atoms with van der Waals surface area (Å²) in [5.41, 5.74) is 0.768. The highest BCUT2D eigenvalue weighted by Crippen LogP contribution is 2.27. The van der Waals surface area contributed by atoms with E-state index < -0.39 is 0 Å². The number of carbonyl (C=O) groups excluding carboxylic acids is 1. The number of rotatable bonds is 5. The lowest BCUT2D eigenvalue weighted by Gasteiger charge is -2.11. The molecule has 0 aromatic heterocycles. The molecule has 1 atom stereocenters. The summed E-state index contributed by atoms with van der Waals surface area (Å²) in [5, 5.41) is 6.30. The van der Waals surface area contributed by atoms with E-state index in [1.165, 1.54) is 12.8 Å². The summed E-state index contributed by atoms with van der Waals surface area (Å²) in [6.45, 7) is 1.08. The predicted octanol–water partition coefficient (Wildman–Crippen LogP) is 3.35. The molecule has 6 heteroatoms. The Bertz CT molecular complexity index is 451. The van der Waals surface area contributed by atoms with Gasteiger partial charge in [-0.2, -0.15) is 0 Å². The van der Waals surface area contributed by atoms with Crippen molar-refractivity contribution in [3.05, 3.63) is 22.7 Å². The average molecular weight is 364 g/mol. The third-order valence-corrected chi connectivity index (χ3v) is 3.97. The Kier molecular flexibility index (Phi) is 7.34. The van der Waals surface area contributed by atoms with Crippen molar-refractivity contribution in [3.8, 4) is 5.75 Å². The van der Waals surface area contributed by atoms with E-state index in [2.05, 4.69) is 26.6 Å². The number of nitrogens with one attached hydrogen (secondary N) is 2. The highest BCUT2D eigenvalue weighted by atomic mass is 79.9. The fraction of sp³-hybridized carbons (Fsp3) is 0.500. The molecule has 20 heavy (non-hydrogen) atoms. The predicted molar refractivity (Wildman–Crippen MR) is 86.8 cm³/mol. The van der Waals surface area contributed by atoms with E-state index in [9.17, 15) is 4.79 Å². The fourth-order valence-electron chi connectivity index (χ4n) is 2.27. The third kappa shape index (κ3) is 4.96. The first kappa shape index (κ1) is 17.3. The molecule has 1 saturated heterocycles. The summed E-state index contributed by atoms with van der Waals surface area (Å²) < 4.78 is 6.08. The van der Waals surface area contributed by atoms with Gasteiger partial charge in [-0.1, -0.05) is 0 Å². The number of carbonyl (C=O) groups is 1. The minimum absolute atomic E-state index is 0. The lowest BCUT2D eigenvalue weighted by molar-refractivity contribution is -0.116. The van der Waals surface area contributed by atoms with E-state index >= 15 is 0 Å². The summed E-state index contributed by atoms with van der Waals surface area (Å²) in [6.07, 6.45) is 3.85.